The minimum Gasteiger partial charge on any atom is -0.480 e. The quantitative estimate of drug-likeness (QED) is 0.656. The van der Waals surface area contributed by atoms with Crippen molar-refractivity contribution in [1.29, 1.82) is 0 Å². The summed E-state index contributed by atoms with van der Waals surface area (Å²) >= 11 is 0. The Morgan fingerprint density at radius 1 is 1.42 bits per heavy atom. The molecule has 7 nitrogen and oxygen atoms in total. The van der Waals surface area contributed by atoms with E-state index >= 15 is 0 Å². The number of carbonyl (C=O) groups excluding carboxylic acids is 1. The predicted molar refractivity (Wildman–Crippen MR) is 67.0 cm³/mol. The molecule has 0 saturated heterocycles. The minimum absolute atomic E-state index is 0.0805. The summed E-state index contributed by atoms with van der Waals surface area (Å²) in [6, 6.07) is 3.20. The summed E-state index contributed by atoms with van der Waals surface area (Å²) in [7, 11) is 1.30. The van der Waals surface area contributed by atoms with Crippen molar-refractivity contribution in [2.45, 2.75) is 19.9 Å². The molecular formula is C12H14N2O5. The van der Waals surface area contributed by atoms with Gasteiger partial charge in [0.05, 0.1) is 4.92 Å². The Balaban J connectivity index is 3.26. The smallest absolute Gasteiger partial charge is 0.326 e. The number of nitrogens with zero attached hydrogens (tertiary/aromatic N) is 2. The van der Waals surface area contributed by atoms with Crippen LogP contribution in [0.1, 0.15) is 22.8 Å². The van der Waals surface area contributed by atoms with Crippen LogP contribution in [0.15, 0.2) is 18.2 Å². The highest BCUT2D eigenvalue weighted by Crippen LogP contribution is 2.23. The minimum atomic E-state index is -1.17. The second-order valence-electron chi connectivity index (χ2n) is 4.16. The highest BCUT2D eigenvalue weighted by molar-refractivity contribution is 6.01. The molecule has 19 heavy (non-hydrogen) atoms. The van der Waals surface area contributed by atoms with Crippen LogP contribution >= 0.6 is 0 Å². The molecule has 0 bridgehead atoms. The van der Waals surface area contributed by atoms with Crippen LogP contribution in [0.4, 0.5) is 5.69 Å². The van der Waals surface area contributed by atoms with Gasteiger partial charge in [0.1, 0.15) is 11.6 Å². The first-order valence-electron chi connectivity index (χ1n) is 5.51. The molecule has 1 N–H and O–H groups in total. The van der Waals surface area contributed by atoms with Gasteiger partial charge in [0.15, 0.2) is 0 Å². The van der Waals surface area contributed by atoms with Gasteiger partial charge in [-0.3, -0.25) is 14.9 Å². The Kier molecular flexibility index (Phi) is 4.21. The summed E-state index contributed by atoms with van der Waals surface area (Å²) in [5, 5.41) is 19.8. The molecule has 0 aromatic heterocycles. The Bertz CT molecular complexity index is 541. The van der Waals surface area contributed by atoms with Gasteiger partial charge in [0.25, 0.3) is 11.6 Å². The summed E-state index contributed by atoms with van der Waals surface area (Å²) in [6.45, 7) is 2.91. The van der Waals surface area contributed by atoms with E-state index in [1.807, 2.05) is 0 Å². The largest absolute Gasteiger partial charge is 0.480 e. The maximum absolute atomic E-state index is 12.2. The molecule has 1 aromatic carbocycles. The number of rotatable bonds is 4. The summed E-state index contributed by atoms with van der Waals surface area (Å²) in [5.41, 5.74) is 0.0289. The number of aliphatic carboxylic acids is 1. The number of hydrogen-bond donors (Lipinski definition) is 1. The zero-order valence-corrected chi connectivity index (χ0v) is 10.8. The monoisotopic (exact) mass is 266 g/mol. The lowest BCUT2D eigenvalue weighted by atomic mass is 10.0. The first kappa shape index (κ1) is 14.6. The van der Waals surface area contributed by atoms with Crippen LogP contribution in [-0.4, -0.2) is 39.9 Å². The molecule has 1 amide bonds. The zero-order chi connectivity index (χ0) is 14.7. The molecule has 0 fully saturated rings. The van der Waals surface area contributed by atoms with Crippen molar-refractivity contribution in [2.75, 3.05) is 7.05 Å². The molecule has 0 aliphatic carbocycles. The third kappa shape index (κ3) is 2.87. The third-order valence-corrected chi connectivity index (χ3v) is 2.92. The van der Waals surface area contributed by atoms with E-state index in [0.29, 0.717) is 5.56 Å². The predicted octanol–water partition coefficient (Wildman–Crippen LogP) is 1.45. The van der Waals surface area contributed by atoms with Crippen molar-refractivity contribution in [3.63, 3.8) is 0 Å². The molecule has 102 valence electrons. The lowest BCUT2D eigenvalue weighted by Gasteiger charge is -2.22. The van der Waals surface area contributed by atoms with E-state index in [-0.39, 0.29) is 11.3 Å². The van der Waals surface area contributed by atoms with Gasteiger partial charge in [0.2, 0.25) is 0 Å². The van der Waals surface area contributed by atoms with Crippen LogP contribution in [0.2, 0.25) is 0 Å². The van der Waals surface area contributed by atoms with E-state index in [1.165, 1.54) is 26.1 Å². The number of carboxylic acid groups (broad SMARTS) is 1. The topological polar surface area (TPSA) is 101 Å². The number of nitro groups is 1. The molecule has 0 aliphatic heterocycles. The SMILES string of the molecule is Cc1cccc([N+](=O)[O-])c1C(=O)N(C)C(C)C(=O)O. The standard InChI is InChI=1S/C12H14N2O5/c1-7-5-4-6-9(14(18)19)10(7)11(15)13(3)8(2)12(16)17/h4-6,8H,1-3H3,(H,16,17). The van der Waals surface area contributed by atoms with Crippen molar-refractivity contribution in [2.24, 2.45) is 0 Å². The second kappa shape index (κ2) is 5.47. The Hall–Kier alpha value is -2.44. The maximum Gasteiger partial charge on any atom is 0.326 e. The molecule has 1 unspecified atom stereocenters. The summed E-state index contributed by atoms with van der Waals surface area (Å²) in [6.07, 6.45) is 0. The van der Waals surface area contributed by atoms with E-state index in [4.69, 9.17) is 5.11 Å². The zero-order valence-electron chi connectivity index (χ0n) is 10.8. The maximum atomic E-state index is 12.2. The van der Waals surface area contributed by atoms with Gasteiger partial charge < -0.3 is 10.0 Å². The van der Waals surface area contributed by atoms with Crippen molar-refractivity contribution in [1.82, 2.24) is 4.90 Å². The first-order chi connectivity index (χ1) is 8.77. The summed E-state index contributed by atoms with van der Waals surface area (Å²) in [4.78, 5) is 34.3. The van der Waals surface area contributed by atoms with Crippen LogP contribution in [0, 0.1) is 17.0 Å². The second-order valence-corrected chi connectivity index (χ2v) is 4.16. The van der Waals surface area contributed by atoms with Gasteiger partial charge in [0, 0.05) is 13.1 Å². The normalized spacial score (nSPS) is 11.7. The molecule has 7 heteroatoms. The number of aryl methyl sites for hydroxylation is 1. The molecule has 1 aromatic rings. The van der Waals surface area contributed by atoms with Gasteiger partial charge in [-0.15, -0.1) is 0 Å². The molecule has 0 aliphatic rings. The molecule has 0 radical (unpaired) electrons. The van der Waals surface area contributed by atoms with E-state index in [9.17, 15) is 19.7 Å². The molecule has 0 saturated carbocycles. The number of carboxylic acids is 1. The average Bonchev–Trinajstić information content (AvgIpc) is 2.35. The average molecular weight is 266 g/mol. The third-order valence-electron chi connectivity index (χ3n) is 2.92. The van der Waals surface area contributed by atoms with E-state index in [2.05, 4.69) is 0 Å². The summed E-state index contributed by atoms with van der Waals surface area (Å²) < 4.78 is 0. The Morgan fingerprint density at radius 3 is 2.47 bits per heavy atom. The van der Waals surface area contributed by atoms with Crippen molar-refractivity contribution < 1.29 is 19.6 Å². The number of carbonyl (C=O) groups is 2. The molecule has 1 atom stereocenters. The van der Waals surface area contributed by atoms with Crippen LogP contribution in [0.25, 0.3) is 0 Å². The molecular weight excluding hydrogens is 252 g/mol. The van der Waals surface area contributed by atoms with E-state index in [1.54, 1.807) is 13.0 Å². The fourth-order valence-electron chi connectivity index (χ4n) is 1.60. The first-order valence-corrected chi connectivity index (χ1v) is 5.51. The van der Waals surface area contributed by atoms with Crippen molar-refractivity contribution in [3.05, 3.63) is 39.4 Å². The number of likely N-dealkylation sites (N-methyl/N-ethyl adjacent to an activating group) is 1. The number of nitro benzene ring substituents is 1. The lowest BCUT2D eigenvalue weighted by molar-refractivity contribution is -0.385. The Labute approximate surface area is 109 Å². The van der Waals surface area contributed by atoms with Crippen LogP contribution in [0.3, 0.4) is 0 Å². The van der Waals surface area contributed by atoms with E-state index < -0.39 is 22.8 Å². The van der Waals surface area contributed by atoms with Crippen molar-refractivity contribution in [3.8, 4) is 0 Å². The molecule has 1 rings (SSSR count). The van der Waals surface area contributed by atoms with Gasteiger partial charge >= 0.3 is 5.97 Å². The Morgan fingerprint density at radius 2 is 2.00 bits per heavy atom. The van der Waals surface area contributed by atoms with Crippen LogP contribution < -0.4 is 0 Å². The van der Waals surface area contributed by atoms with Crippen LogP contribution in [0.5, 0.6) is 0 Å². The highest BCUT2D eigenvalue weighted by Gasteiger charge is 2.29. The van der Waals surface area contributed by atoms with Gasteiger partial charge in [-0.1, -0.05) is 12.1 Å². The number of benzene rings is 1. The lowest BCUT2D eigenvalue weighted by Crippen LogP contribution is -2.40. The van der Waals surface area contributed by atoms with Gasteiger partial charge in [-0.05, 0) is 19.4 Å². The highest BCUT2D eigenvalue weighted by atomic mass is 16.6. The van der Waals surface area contributed by atoms with Gasteiger partial charge in [-0.2, -0.15) is 0 Å². The fourth-order valence-corrected chi connectivity index (χ4v) is 1.60. The molecule has 0 heterocycles. The van der Waals surface area contributed by atoms with Crippen LogP contribution in [-0.2, 0) is 4.79 Å². The van der Waals surface area contributed by atoms with Gasteiger partial charge in [-0.25, -0.2) is 4.79 Å². The fraction of sp³-hybridized carbons (Fsp3) is 0.333. The molecule has 0 spiro atoms. The summed E-state index contributed by atoms with van der Waals surface area (Å²) in [5.74, 6) is -1.85. The number of amides is 1. The number of hydrogen-bond acceptors (Lipinski definition) is 4. The van der Waals surface area contributed by atoms with Crippen molar-refractivity contribution >= 4 is 17.6 Å². The van der Waals surface area contributed by atoms with E-state index in [0.717, 1.165) is 4.90 Å².